The maximum Gasteiger partial charge on any atom is 0.174 e. The van der Waals surface area contributed by atoms with Crippen molar-refractivity contribution in [3.05, 3.63) is 101 Å². The van der Waals surface area contributed by atoms with Crippen molar-refractivity contribution >= 4 is 17.4 Å². The van der Waals surface area contributed by atoms with Gasteiger partial charge < -0.3 is 0 Å². The molecule has 2 nitrogen and oxygen atoms in total. The van der Waals surface area contributed by atoms with E-state index >= 15 is 0 Å². The minimum atomic E-state index is -0.342. The van der Waals surface area contributed by atoms with E-state index in [-0.39, 0.29) is 11.7 Å². The number of ketones is 1. The Kier molecular flexibility index (Phi) is 4.31. The van der Waals surface area contributed by atoms with Gasteiger partial charge in [0.15, 0.2) is 5.78 Å². The fourth-order valence-corrected chi connectivity index (χ4v) is 2.60. The molecule has 0 N–H and O–H groups in total. The van der Waals surface area contributed by atoms with Crippen LogP contribution in [0.25, 0.3) is 0 Å². The molecule has 0 spiro atoms. The summed E-state index contributed by atoms with van der Waals surface area (Å²) in [4.78, 5) is 17.0. The van der Waals surface area contributed by atoms with Crippen LogP contribution >= 0.6 is 11.6 Å². The van der Waals surface area contributed by atoms with Gasteiger partial charge in [0.05, 0.1) is 5.92 Å². The first-order valence-corrected chi connectivity index (χ1v) is 7.38. The van der Waals surface area contributed by atoms with E-state index in [2.05, 4.69) is 4.98 Å². The lowest BCUT2D eigenvalue weighted by molar-refractivity contribution is 0.0974. The molecule has 0 aliphatic rings. The third kappa shape index (κ3) is 3.07. The fourth-order valence-electron chi connectivity index (χ4n) is 2.48. The van der Waals surface area contributed by atoms with Crippen molar-refractivity contribution in [1.29, 1.82) is 0 Å². The summed E-state index contributed by atoms with van der Waals surface area (Å²) >= 11 is 5.91. The summed E-state index contributed by atoms with van der Waals surface area (Å²) in [6.07, 6.45) is 3.42. The Labute approximate surface area is 134 Å². The smallest absolute Gasteiger partial charge is 0.174 e. The predicted molar refractivity (Wildman–Crippen MR) is 88.3 cm³/mol. The van der Waals surface area contributed by atoms with E-state index in [4.69, 9.17) is 11.6 Å². The number of Topliss-reactive ketones (excluding diaryl/α,β-unsaturated/α-hetero) is 1. The maximum atomic E-state index is 13.0. The molecule has 0 aliphatic heterocycles. The van der Waals surface area contributed by atoms with Crippen LogP contribution in [-0.2, 0) is 0 Å². The van der Waals surface area contributed by atoms with E-state index in [1.54, 1.807) is 36.7 Å². The molecule has 1 aromatic heterocycles. The van der Waals surface area contributed by atoms with Crippen molar-refractivity contribution in [1.82, 2.24) is 4.98 Å². The first kappa shape index (κ1) is 14.5. The van der Waals surface area contributed by atoms with Crippen molar-refractivity contribution in [2.45, 2.75) is 5.92 Å². The number of halogens is 1. The molecule has 3 rings (SSSR count). The van der Waals surface area contributed by atoms with E-state index < -0.39 is 0 Å². The van der Waals surface area contributed by atoms with Gasteiger partial charge in [0.1, 0.15) is 0 Å². The van der Waals surface area contributed by atoms with E-state index in [0.29, 0.717) is 10.6 Å². The minimum absolute atomic E-state index is 0.0501. The lowest BCUT2D eigenvalue weighted by atomic mass is 9.85. The first-order chi connectivity index (χ1) is 10.8. The van der Waals surface area contributed by atoms with Crippen molar-refractivity contribution in [3.63, 3.8) is 0 Å². The van der Waals surface area contributed by atoms with Gasteiger partial charge in [0.25, 0.3) is 0 Å². The number of aromatic nitrogens is 1. The molecular weight excluding hydrogens is 294 g/mol. The molecule has 0 amide bonds. The topological polar surface area (TPSA) is 30.0 Å². The standard InChI is InChI=1S/C19H14ClNO/c20-17-8-6-16(7-9-17)19(22)18(14-4-2-1-3-5-14)15-10-12-21-13-11-15/h1-13,18H. The van der Waals surface area contributed by atoms with Crippen LogP contribution in [0.15, 0.2) is 79.1 Å². The molecule has 0 radical (unpaired) electrons. The molecule has 3 heteroatoms. The van der Waals surface area contributed by atoms with Gasteiger partial charge in [-0.05, 0) is 47.5 Å². The minimum Gasteiger partial charge on any atom is -0.293 e. The Hall–Kier alpha value is -2.45. The SMILES string of the molecule is O=C(c1ccc(Cl)cc1)C(c1ccccc1)c1ccncc1. The van der Waals surface area contributed by atoms with Gasteiger partial charge in [0, 0.05) is 23.0 Å². The van der Waals surface area contributed by atoms with E-state index in [9.17, 15) is 4.79 Å². The molecule has 108 valence electrons. The molecular formula is C19H14ClNO. The van der Waals surface area contributed by atoms with Gasteiger partial charge in [-0.3, -0.25) is 9.78 Å². The predicted octanol–water partition coefficient (Wildman–Crippen LogP) is 4.75. The molecule has 3 aromatic rings. The molecule has 1 heterocycles. The van der Waals surface area contributed by atoms with Crippen LogP contribution in [0.5, 0.6) is 0 Å². The number of hydrogen-bond donors (Lipinski definition) is 0. The summed E-state index contributed by atoms with van der Waals surface area (Å²) in [7, 11) is 0. The molecule has 0 saturated heterocycles. The van der Waals surface area contributed by atoms with Crippen LogP contribution in [0.4, 0.5) is 0 Å². The number of carbonyl (C=O) groups is 1. The van der Waals surface area contributed by atoms with Crippen molar-refractivity contribution in [2.24, 2.45) is 0 Å². The normalized spacial score (nSPS) is 11.9. The summed E-state index contributed by atoms with van der Waals surface area (Å²) in [5, 5.41) is 0.622. The molecule has 1 unspecified atom stereocenters. The molecule has 0 bridgehead atoms. The molecule has 1 atom stereocenters. The Balaban J connectivity index is 2.06. The zero-order valence-electron chi connectivity index (χ0n) is 11.8. The third-order valence-electron chi connectivity index (χ3n) is 3.56. The number of nitrogens with zero attached hydrogens (tertiary/aromatic N) is 1. The van der Waals surface area contributed by atoms with Crippen molar-refractivity contribution < 1.29 is 4.79 Å². The Morgan fingerprint density at radius 1 is 0.818 bits per heavy atom. The zero-order chi connectivity index (χ0) is 15.4. The van der Waals surface area contributed by atoms with Gasteiger partial charge >= 0.3 is 0 Å². The molecule has 0 fully saturated rings. The molecule has 2 aromatic carbocycles. The van der Waals surface area contributed by atoms with Crippen molar-refractivity contribution in [2.75, 3.05) is 0 Å². The van der Waals surface area contributed by atoms with Gasteiger partial charge in [-0.2, -0.15) is 0 Å². The van der Waals surface area contributed by atoms with Crippen LogP contribution in [0.3, 0.4) is 0 Å². The number of rotatable bonds is 4. The van der Waals surface area contributed by atoms with E-state index in [1.165, 1.54) is 0 Å². The van der Waals surface area contributed by atoms with Crippen LogP contribution in [0.1, 0.15) is 27.4 Å². The van der Waals surface area contributed by atoms with Crippen LogP contribution in [0, 0.1) is 0 Å². The maximum absolute atomic E-state index is 13.0. The number of carbonyl (C=O) groups excluding carboxylic acids is 1. The van der Waals surface area contributed by atoms with E-state index in [1.807, 2.05) is 42.5 Å². The van der Waals surface area contributed by atoms with Gasteiger partial charge in [-0.25, -0.2) is 0 Å². The second-order valence-electron chi connectivity index (χ2n) is 5.00. The van der Waals surface area contributed by atoms with Gasteiger partial charge in [0.2, 0.25) is 0 Å². The Morgan fingerprint density at radius 2 is 1.41 bits per heavy atom. The second kappa shape index (κ2) is 6.54. The summed E-state index contributed by atoms with van der Waals surface area (Å²) in [6.45, 7) is 0. The van der Waals surface area contributed by atoms with Crippen molar-refractivity contribution in [3.8, 4) is 0 Å². The summed E-state index contributed by atoms with van der Waals surface area (Å²) in [5.41, 5.74) is 2.55. The summed E-state index contributed by atoms with van der Waals surface area (Å²) in [6, 6.07) is 20.5. The summed E-state index contributed by atoms with van der Waals surface area (Å²) in [5.74, 6) is -0.292. The van der Waals surface area contributed by atoms with Gasteiger partial charge in [-0.1, -0.05) is 41.9 Å². The summed E-state index contributed by atoms with van der Waals surface area (Å²) < 4.78 is 0. The number of hydrogen-bond acceptors (Lipinski definition) is 2. The van der Waals surface area contributed by atoms with Crippen LogP contribution in [0.2, 0.25) is 5.02 Å². The van der Waals surface area contributed by atoms with Crippen LogP contribution in [-0.4, -0.2) is 10.8 Å². The highest BCUT2D eigenvalue weighted by molar-refractivity contribution is 6.30. The second-order valence-corrected chi connectivity index (χ2v) is 5.43. The monoisotopic (exact) mass is 307 g/mol. The first-order valence-electron chi connectivity index (χ1n) is 7.00. The molecule has 0 aliphatic carbocycles. The lowest BCUT2D eigenvalue weighted by Crippen LogP contribution is -2.14. The Bertz CT molecular complexity index is 715. The zero-order valence-corrected chi connectivity index (χ0v) is 12.6. The Morgan fingerprint density at radius 3 is 2.05 bits per heavy atom. The average molecular weight is 308 g/mol. The van der Waals surface area contributed by atoms with E-state index in [0.717, 1.165) is 11.1 Å². The third-order valence-corrected chi connectivity index (χ3v) is 3.82. The lowest BCUT2D eigenvalue weighted by Gasteiger charge is -2.17. The molecule has 0 saturated carbocycles. The molecule has 22 heavy (non-hydrogen) atoms. The largest absolute Gasteiger partial charge is 0.293 e. The highest BCUT2D eigenvalue weighted by Gasteiger charge is 2.23. The fraction of sp³-hybridized carbons (Fsp3) is 0.0526. The number of pyridine rings is 1. The highest BCUT2D eigenvalue weighted by atomic mass is 35.5. The highest BCUT2D eigenvalue weighted by Crippen LogP contribution is 2.28. The van der Waals surface area contributed by atoms with Crippen LogP contribution < -0.4 is 0 Å². The number of benzene rings is 2. The van der Waals surface area contributed by atoms with Gasteiger partial charge in [-0.15, -0.1) is 0 Å². The quantitative estimate of drug-likeness (QED) is 0.651. The average Bonchev–Trinajstić information content (AvgIpc) is 2.57.